The molecule has 0 aliphatic carbocycles. The van der Waals surface area contributed by atoms with Crippen molar-refractivity contribution in [1.82, 2.24) is 9.97 Å². The Morgan fingerprint density at radius 1 is 1.18 bits per heavy atom. The van der Waals surface area contributed by atoms with Crippen LogP contribution in [0.25, 0.3) is 10.9 Å². The quantitative estimate of drug-likeness (QED) is 0.596. The Labute approximate surface area is 158 Å². The number of amides is 1. The lowest BCUT2D eigenvalue weighted by atomic mass is 10.1. The molecule has 1 aromatic heterocycles. The maximum Gasteiger partial charge on any atom is 0.258 e. The summed E-state index contributed by atoms with van der Waals surface area (Å²) in [5.74, 6) is -3.33. The van der Waals surface area contributed by atoms with Crippen LogP contribution in [0.1, 0.15) is 17.3 Å². The molecule has 0 saturated carbocycles. The molecule has 0 fully saturated rings. The third-order valence-corrected chi connectivity index (χ3v) is 5.21. The average molecular weight is 407 g/mol. The maximum atomic E-state index is 14.6. The first-order valence-corrected chi connectivity index (χ1v) is 9.67. The van der Waals surface area contributed by atoms with E-state index in [0.717, 1.165) is 18.5 Å². The molecule has 3 rings (SSSR count). The summed E-state index contributed by atoms with van der Waals surface area (Å²) in [5.41, 5.74) is 4.70. The molecule has 1 amide bonds. The number of sulfonamides is 1. The predicted molar refractivity (Wildman–Crippen MR) is 101 cm³/mol. The third kappa shape index (κ3) is 3.69. The summed E-state index contributed by atoms with van der Waals surface area (Å²) in [6.07, 6.45) is 1.16. The maximum absolute atomic E-state index is 14.6. The van der Waals surface area contributed by atoms with Crippen LogP contribution in [-0.4, -0.2) is 30.0 Å². The van der Waals surface area contributed by atoms with Gasteiger partial charge in [-0.3, -0.25) is 9.52 Å². The molecular weight excluding hydrogens is 392 g/mol. The number of carbonyl (C=O) groups excluding carboxylic acids is 1. The Kier molecular flexibility index (Phi) is 5.10. The van der Waals surface area contributed by atoms with Crippen molar-refractivity contribution in [3.63, 3.8) is 0 Å². The minimum absolute atomic E-state index is 0.0185. The van der Waals surface area contributed by atoms with Crippen LogP contribution in [0.2, 0.25) is 0 Å². The average Bonchev–Trinajstić information content (AvgIpc) is 2.67. The highest BCUT2D eigenvalue weighted by Gasteiger charge is 2.21. The normalized spacial score (nSPS) is 11.4. The molecule has 0 unspecified atom stereocenters. The summed E-state index contributed by atoms with van der Waals surface area (Å²) in [7, 11) is -3.79. The number of fused-ring (bicyclic) bond motifs is 1. The van der Waals surface area contributed by atoms with E-state index in [1.165, 1.54) is 19.1 Å². The second kappa shape index (κ2) is 7.35. The number of halogens is 2. The molecular formula is C17H15F2N5O3S. The number of hydrogen-bond acceptors (Lipinski definition) is 6. The molecule has 2 aromatic carbocycles. The monoisotopic (exact) mass is 407 g/mol. The van der Waals surface area contributed by atoms with Crippen molar-refractivity contribution >= 4 is 44.0 Å². The Hall–Kier alpha value is -3.34. The van der Waals surface area contributed by atoms with Crippen LogP contribution >= 0.6 is 0 Å². The Bertz CT molecular complexity index is 1180. The number of nitrogen functional groups attached to an aromatic ring is 1. The molecule has 0 radical (unpaired) electrons. The summed E-state index contributed by atoms with van der Waals surface area (Å²) in [6, 6.07) is 6.30. The number of aromatic nitrogens is 2. The van der Waals surface area contributed by atoms with E-state index in [0.29, 0.717) is 5.39 Å². The van der Waals surface area contributed by atoms with Gasteiger partial charge in [0.2, 0.25) is 10.0 Å². The van der Waals surface area contributed by atoms with Crippen LogP contribution in [-0.2, 0) is 10.0 Å². The van der Waals surface area contributed by atoms with Gasteiger partial charge in [0.05, 0.1) is 22.5 Å². The molecule has 28 heavy (non-hydrogen) atoms. The van der Waals surface area contributed by atoms with Crippen LogP contribution < -0.4 is 15.8 Å². The van der Waals surface area contributed by atoms with E-state index < -0.39 is 38.9 Å². The van der Waals surface area contributed by atoms with Crippen molar-refractivity contribution < 1.29 is 22.0 Å². The zero-order valence-corrected chi connectivity index (χ0v) is 15.3. The van der Waals surface area contributed by atoms with E-state index in [2.05, 4.69) is 15.3 Å². The topological polar surface area (TPSA) is 127 Å². The predicted octanol–water partition coefficient (Wildman–Crippen LogP) is 2.50. The summed E-state index contributed by atoms with van der Waals surface area (Å²) >= 11 is 0. The van der Waals surface area contributed by atoms with Gasteiger partial charge in [0.25, 0.3) is 5.91 Å². The number of nitrogens with zero attached hydrogens (tertiary/aromatic N) is 2. The van der Waals surface area contributed by atoms with Crippen LogP contribution in [0.5, 0.6) is 0 Å². The Morgan fingerprint density at radius 3 is 2.64 bits per heavy atom. The highest BCUT2D eigenvalue weighted by Crippen LogP contribution is 2.28. The molecule has 8 nitrogen and oxygen atoms in total. The van der Waals surface area contributed by atoms with Crippen molar-refractivity contribution in [1.29, 1.82) is 0 Å². The van der Waals surface area contributed by atoms with Crippen LogP contribution in [0, 0.1) is 11.6 Å². The second-order valence-electron chi connectivity index (χ2n) is 5.70. The lowest BCUT2D eigenvalue weighted by Gasteiger charge is -2.13. The molecule has 0 bridgehead atoms. The first kappa shape index (κ1) is 19.4. The lowest BCUT2D eigenvalue weighted by molar-refractivity contribution is 0.102. The number of nitrogens with one attached hydrogen (secondary N) is 2. The number of anilines is 3. The fourth-order valence-corrected chi connectivity index (χ4v) is 3.09. The molecule has 146 valence electrons. The summed E-state index contributed by atoms with van der Waals surface area (Å²) in [5, 5.41) is 2.53. The molecule has 11 heteroatoms. The molecule has 0 spiro atoms. The SMILES string of the molecule is CCS(=O)(=O)Nc1ccc(F)c(NC(=O)c2cccc3c(N)ncnc23)c1F. The van der Waals surface area contributed by atoms with Crippen LogP contribution in [0.4, 0.5) is 26.0 Å². The van der Waals surface area contributed by atoms with E-state index in [-0.39, 0.29) is 22.7 Å². The first-order chi connectivity index (χ1) is 13.2. The Balaban J connectivity index is 2.01. The first-order valence-electron chi connectivity index (χ1n) is 8.02. The number of rotatable bonds is 5. The second-order valence-corrected chi connectivity index (χ2v) is 7.72. The highest BCUT2D eigenvalue weighted by molar-refractivity contribution is 7.92. The minimum Gasteiger partial charge on any atom is -0.383 e. The molecule has 3 aromatic rings. The summed E-state index contributed by atoms with van der Waals surface area (Å²) in [4.78, 5) is 20.4. The van der Waals surface area contributed by atoms with Crippen molar-refractivity contribution in [2.45, 2.75) is 6.92 Å². The van der Waals surface area contributed by atoms with Gasteiger partial charge in [0.1, 0.15) is 23.6 Å². The van der Waals surface area contributed by atoms with Gasteiger partial charge in [-0.05, 0) is 31.2 Å². The smallest absolute Gasteiger partial charge is 0.258 e. The summed E-state index contributed by atoms with van der Waals surface area (Å²) < 4.78 is 54.1. The van der Waals surface area contributed by atoms with E-state index >= 15 is 0 Å². The molecule has 4 N–H and O–H groups in total. The van der Waals surface area contributed by atoms with Crippen molar-refractivity contribution in [2.24, 2.45) is 0 Å². The molecule has 0 aliphatic rings. The number of benzene rings is 2. The number of carbonyl (C=O) groups is 1. The largest absolute Gasteiger partial charge is 0.383 e. The van der Waals surface area contributed by atoms with Gasteiger partial charge in [-0.2, -0.15) is 0 Å². The molecule has 0 atom stereocenters. The van der Waals surface area contributed by atoms with Gasteiger partial charge in [0.15, 0.2) is 5.82 Å². The van der Waals surface area contributed by atoms with Crippen LogP contribution in [0.15, 0.2) is 36.7 Å². The van der Waals surface area contributed by atoms with Gasteiger partial charge < -0.3 is 11.1 Å². The molecule has 0 saturated heterocycles. The standard InChI is InChI=1S/C17H15F2N5O3S/c1-2-28(26,27)24-12-7-6-11(18)15(13(12)19)23-17(25)10-5-3-4-9-14(10)21-8-22-16(9)20/h3-8,24H,2H2,1H3,(H,23,25)(H2,20,21,22). The van der Waals surface area contributed by atoms with Gasteiger partial charge in [0, 0.05) is 5.39 Å². The third-order valence-electron chi connectivity index (χ3n) is 3.92. The van der Waals surface area contributed by atoms with Crippen molar-refractivity contribution in [3.8, 4) is 0 Å². The van der Waals surface area contributed by atoms with E-state index in [1.54, 1.807) is 6.07 Å². The Morgan fingerprint density at radius 2 is 1.93 bits per heavy atom. The van der Waals surface area contributed by atoms with Crippen molar-refractivity contribution in [3.05, 3.63) is 53.9 Å². The van der Waals surface area contributed by atoms with Gasteiger partial charge in [-0.25, -0.2) is 27.2 Å². The van der Waals surface area contributed by atoms with Crippen LogP contribution in [0.3, 0.4) is 0 Å². The summed E-state index contributed by atoms with van der Waals surface area (Å²) in [6.45, 7) is 1.36. The van der Waals surface area contributed by atoms with E-state index in [9.17, 15) is 22.0 Å². The minimum atomic E-state index is -3.79. The lowest BCUT2D eigenvalue weighted by Crippen LogP contribution is -2.18. The highest BCUT2D eigenvalue weighted by atomic mass is 32.2. The zero-order chi connectivity index (χ0) is 20.5. The fourth-order valence-electron chi connectivity index (χ4n) is 2.46. The van der Waals surface area contributed by atoms with E-state index in [4.69, 9.17) is 5.73 Å². The van der Waals surface area contributed by atoms with Gasteiger partial charge >= 0.3 is 0 Å². The molecule has 0 aliphatic heterocycles. The number of hydrogen-bond donors (Lipinski definition) is 3. The molecule has 1 heterocycles. The number of para-hydroxylation sites is 1. The van der Waals surface area contributed by atoms with Gasteiger partial charge in [-0.1, -0.05) is 6.07 Å². The fraction of sp³-hybridized carbons (Fsp3) is 0.118. The van der Waals surface area contributed by atoms with E-state index in [1.807, 2.05) is 4.72 Å². The van der Waals surface area contributed by atoms with Gasteiger partial charge in [-0.15, -0.1) is 0 Å². The number of nitrogens with two attached hydrogens (primary N) is 1. The van der Waals surface area contributed by atoms with Crippen molar-refractivity contribution in [2.75, 3.05) is 21.5 Å². The zero-order valence-electron chi connectivity index (χ0n) is 14.5.